The van der Waals surface area contributed by atoms with Gasteiger partial charge in [-0.1, -0.05) is 6.92 Å². The number of nitrogens with zero attached hydrogens (tertiary/aromatic N) is 3. The molecule has 0 aliphatic rings. The highest BCUT2D eigenvalue weighted by molar-refractivity contribution is 5.33. The molecule has 0 spiro atoms. The van der Waals surface area contributed by atoms with Gasteiger partial charge >= 0.3 is 6.18 Å². The molecule has 2 aromatic heterocycles. The molecule has 0 aliphatic heterocycles. The first-order valence-electron chi connectivity index (χ1n) is 5.88. The third-order valence-electron chi connectivity index (χ3n) is 2.47. The molecule has 0 saturated carbocycles. The van der Waals surface area contributed by atoms with Crippen LogP contribution in [0.1, 0.15) is 24.7 Å². The number of halogens is 3. The molecule has 104 valence electrons. The average molecular weight is 273 g/mol. The molecule has 2 aromatic rings. The number of H-pyrrole nitrogens is 1. The van der Waals surface area contributed by atoms with Crippen LogP contribution < -0.4 is 5.32 Å². The Hall–Kier alpha value is -1.99. The van der Waals surface area contributed by atoms with E-state index >= 15 is 0 Å². The summed E-state index contributed by atoms with van der Waals surface area (Å²) < 4.78 is 38.8. The van der Waals surface area contributed by atoms with Crippen molar-refractivity contribution < 1.29 is 13.2 Å². The summed E-state index contributed by atoms with van der Waals surface area (Å²) in [6.07, 6.45) is -1.63. The zero-order chi connectivity index (χ0) is 13.9. The summed E-state index contributed by atoms with van der Waals surface area (Å²) in [5, 5.41) is 12.7. The minimum Gasteiger partial charge on any atom is -0.363 e. The van der Waals surface area contributed by atoms with Gasteiger partial charge in [0.1, 0.15) is 5.82 Å². The standard InChI is InChI=1S/C11H14F3N5/c1-2-4-19-5-3-10(18-19)15-7-8-6-9(17-16-8)11(12,13)14/h3,5-6H,2,4,7H2,1H3,(H,15,18)(H,16,17). The van der Waals surface area contributed by atoms with E-state index in [1.54, 1.807) is 10.7 Å². The summed E-state index contributed by atoms with van der Waals surface area (Å²) in [5.41, 5.74) is -0.557. The van der Waals surface area contributed by atoms with Gasteiger partial charge in [0.15, 0.2) is 5.69 Å². The lowest BCUT2D eigenvalue weighted by Crippen LogP contribution is -2.05. The minimum absolute atomic E-state index is 0.215. The van der Waals surface area contributed by atoms with Gasteiger partial charge < -0.3 is 5.32 Å². The summed E-state index contributed by atoms with van der Waals surface area (Å²) in [7, 11) is 0. The molecule has 2 rings (SSSR count). The first-order valence-corrected chi connectivity index (χ1v) is 5.88. The third-order valence-corrected chi connectivity index (χ3v) is 2.47. The van der Waals surface area contributed by atoms with Crippen molar-refractivity contribution in [1.82, 2.24) is 20.0 Å². The van der Waals surface area contributed by atoms with E-state index in [2.05, 4.69) is 20.6 Å². The van der Waals surface area contributed by atoms with E-state index < -0.39 is 11.9 Å². The molecule has 0 radical (unpaired) electrons. The number of rotatable bonds is 5. The molecule has 0 aliphatic carbocycles. The van der Waals surface area contributed by atoms with Gasteiger partial charge in [0.2, 0.25) is 0 Å². The molecule has 0 unspecified atom stereocenters. The van der Waals surface area contributed by atoms with Crippen molar-refractivity contribution in [2.45, 2.75) is 32.6 Å². The van der Waals surface area contributed by atoms with Crippen LogP contribution in [0.2, 0.25) is 0 Å². The summed E-state index contributed by atoms with van der Waals surface area (Å²) in [5.74, 6) is 0.622. The highest BCUT2D eigenvalue weighted by Gasteiger charge is 2.33. The summed E-state index contributed by atoms with van der Waals surface area (Å²) >= 11 is 0. The van der Waals surface area contributed by atoms with Crippen LogP contribution >= 0.6 is 0 Å². The predicted octanol–water partition coefficient (Wildman–Crippen LogP) is 2.65. The normalized spacial score (nSPS) is 11.8. The van der Waals surface area contributed by atoms with Gasteiger partial charge in [-0.15, -0.1) is 0 Å². The Kier molecular flexibility index (Phi) is 3.77. The number of aromatic amines is 1. The zero-order valence-electron chi connectivity index (χ0n) is 10.3. The largest absolute Gasteiger partial charge is 0.435 e. The molecule has 0 bridgehead atoms. The molecular formula is C11H14F3N5. The Morgan fingerprint density at radius 1 is 1.42 bits per heavy atom. The topological polar surface area (TPSA) is 58.5 Å². The Bertz CT molecular complexity index is 528. The molecule has 0 atom stereocenters. The molecule has 19 heavy (non-hydrogen) atoms. The van der Waals surface area contributed by atoms with Crippen LogP contribution in [0.4, 0.5) is 19.0 Å². The fraction of sp³-hybridized carbons (Fsp3) is 0.455. The van der Waals surface area contributed by atoms with Crippen molar-refractivity contribution in [3.63, 3.8) is 0 Å². The monoisotopic (exact) mass is 273 g/mol. The number of alkyl halides is 3. The molecular weight excluding hydrogens is 259 g/mol. The molecule has 0 fully saturated rings. The van der Waals surface area contributed by atoms with Crippen molar-refractivity contribution in [2.24, 2.45) is 0 Å². The van der Waals surface area contributed by atoms with Crippen molar-refractivity contribution >= 4 is 5.82 Å². The number of anilines is 1. The van der Waals surface area contributed by atoms with Crippen LogP contribution in [-0.2, 0) is 19.3 Å². The van der Waals surface area contributed by atoms with E-state index in [-0.39, 0.29) is 6.54 Å². The molecule has 5 nitrogen and oxygen atoms in total. The first kappa shape index (κ1) is 13.4. The van der Waals surface area contributed by atoms with Gasteiger partial charge in [0, 0.05) is 18.8 Å². The van der Waals surface area contributed by atoms with E-state index in [0.29, 0.717) is 11.5 Å². The van der Waals surface area contributed by atoms with Crippen molar-refractivity contribution in [3.05, 3.63) is 29.7 Å². The Labute approximate surface area is 107 Å². The maximum absolute atomic E-state index is 12.3. The van der Waals surface area contributed by atoms with Gasteiger partial charge in [-0.05, 0) is 12.5 Å². The maximum Gasteiger partial charge on any atom is 0.435 e. The van der Waals surface area contributed by atoms with Crippen LogP contribution in [0.15, 0.2) is 18.3 Å². The van der Waals surface area contributed by atoms with Gasteiger partial charge in [-0.25, -0.2) is 0 Å². The summed E-state index contributed by atoms with van der Waals surface area (Å²) in [4.78, 5) is 0. The van der Waals surface area contributed by atoms with E-state index in [4.69, 9.17) is 0 Å². The smallest absolute Gasteiger partial charge is 0.363 e. The van der Waals surface area contributed by atoms with Crippen molar-refractivity contribution in [2.75, 3.05) is 5.32 Å². The van der Waals surface area contributed by atoms with Crippen molar-refractivity contribution in [1.29, 1.82) is 0 Å². The second kappa shape index (κ2) is 5.33. The molecule has 0 saturated heterocycles. The molecule has 2 N–H and O–H groups in total. The maximum atomic E-state index is 12.3. The van der Waals surface area contributed by atoms with Gasteiger partial charge in [-0.3, -0.25) is 9.78 Å². The van der Waals surface area contributed by atoms with Crippen LogP contribution in [0.25, 0.3) is 0 Å². The third kappa shape index (κ3) is 3.49. The second-order valence-corrected chi connectivity index (χ2v) is 4.09. The van der Waals surface area contributed by atoms with Crippen LogP contribution in [0.3, 0.4) is 0 Å². The van der Waals surface area contributed by atoms with Gasteiger partial charge in [0.25, 0.3) is 0 Å². The average Bonchev–Trinajstić information content (AvgIpc) is 2.94. The number of hydrogen-bond donors (Lipinski definition) is 2. The zero-order valence-corrected chi connectivity index (χ0v) is 10.3. The highest BCUT2D eigenvalue weighted by atomic mass is 19.4. The first-order chi connectivity index (χ1) is 8.99. The molecule has 0 amide bonds. The van der Waals surface area contributed by atoms with Gasteiger partial charge in [0.05, 0.1) is 12.2 Å². The Balaban J connectivity index is 1.93. The van der Waals surface area contributed by atoms with E-state index in [9.17, 15) is 13.2 Å². The number of aromatic nitrogens is 4. The van der Waals surface area contributed by atoms with Crippen LogP contribution in [-0.4, -0.2) is 20.0 Å². The lowest BCUT2D eigenvalue weighted by atomic mass is 10.3. The summed E-state index contributed by atoms with van der Waals surface area (Å²) in [6.45, 7) is 3.06. The van der Waals surface area contributed by atoms with Crippen LogP contribution in [0, 0.1) is 0 Å². The van der Waals surface area contributed by atoms with Crippen LogP contribution in [0.5, 0.6) is 0 Å². The lowest BCUT2D eigenvalue weighted by molar-refractivity contribution is -0.141. The Morgan fingerprint density at radius 2 is 2.21 bits per heavy atom. The molecule has 0 aromatic carbocycles. The molecule has 2 heterocycles. The van der Waals surface area contributed by atoms with E-state index in [1.807, 2.05) is 13.1 Å². The highest BCUT2D eigenvalue weighted by Crippen LogP contribution is 2.27. The number of nitrogens with one attached hydrogen (secondary N) is 2. The Morgan fingerprint density at radius 3 is 2.84 bits per heavy atom. The lowest BCUT2D eigenvalue weighted by Gasteiger charge is -2.01. The minimum atomic E-state index is -4.42. The second-order valence-electron chi connectivity index (χ2n) is 4.09. The quantitative estimate of drug-likeness (QED) is 0.880. The SMILES string of the molecule is CCCn1ccc(NCc2cc(C(F)(F)F)n[nH]2)n1. The number of hydrogen-bond acceptors (Lipinski definition) is 3. The predicted molar refractivity (Wildman–Crippen MR) is 63.4 cm³/mol. The fourth-order valence-corrected chi connectivity index (χ4v) is 1.59. The van der Waals surface area contributed by atoms with E-state index in [0.717, 1.165) is 19.0 Å². The van der Waals surface area contributed by atoms with Gasteiger partial charge in [-0.2, -0.15) is 23.4 Å². The molecule has 8 heteroatoms. The van der Waals surface area contributed by atoms with Crippen molar-refractivity contribution in [3.8, 4) is 0 Å². The number of aryl methyl sites for hydroxylation is 1. The summed E-state index contributed by atoms with van der Waals surface area (Å²) in [6, 6.07) is 2.76. The van der Waals surface area contributed by atoms with E-state index in [1.165, 1.54) is 0 Å². The fourth-order valence-electron chi connectivity index (χ4n) is 1.59.